The highest BCUT2D eigenvalue weighted by atomic mass is 32.1. The number of aliphatic hydroxyl groups is 1. The Morgan fingerprint density at radius 1 is 0.896 bits per heavy atom. The minimum absolute atomic E-state index is 0.188. The molecule has 4 aromatic rings. The zero-order chi connectivity index (χ0) is 34.8. The summed E-state index contributed by atoms with van der Waals surface area (Å²) in [4.78, 5) is 44.5. The molecule has 0 radical (unpaired) electrons. The van der Waals surface area contributed by atoms with Crippen LogP contribution in [0.15, 0.2) is 78.2 Å². The number of aliphatic hydroxyl groups excluding tert-OH is 1. The summed E-state index contributed by atoms with van der Waals surface area (Å²) < 4.78 is 5.52. The van der Waals surface area contributed by atoms with Crippen molar-refractivity contribution in [2.75, 3.05) is 20.6 Å². The number of carbonyl (C=O) groups excluding carboxylic acids is 3. The van der Waals surface area contributed by atoms with Crippen LogP contribution in [0.1, 0.15) is 80.8 Å². The van der Waals surface area contributed by atoms with Gasteiger partial charge in [0.05, 0.1) is 18.2 Å². The molecule has 4 N–H and O–H groups in total. The van der Waals surface area contributed by atoms with E-state index in [4.69, 9.17) is 4.74 Å². The summed E-state index contributed by atoms with van der Waals surface area (Å²) in [6.45, 7) is 8.51. The van der Waals surface area contributed by atoms with Gasteiger partial charge in [-0.15, -0.1) is 11.3 Å². The van der Waals surface area contributed by atoms with E-state index in [1.807, 2.05) is 61.7 Å². The topological polar surface area (TPSA) is 133 Å². The highest BCUT2D eigenvalue weighted by molar-refractivity contribution is 7.09. The van der Waals surface area contributed by atoms with Gasteiger partial charge in [-0.1, -0.05) is 56.3 Å². The monoisotopic (exact) mass is 671 g/mol. The van der Waals surface area contributed by atoms with Gasteiger partial charge in [0, 0.05) is 49.4 Å². The molecule has 1 aromatic heterocycles. The standard InChI is InChI=1S/C37H45N5O5S/c1-23(2)30-15-27(16-31(19-30)47-37(46)42(5)6)20-38-21-33(43)32(17-26-11-8-7-9-12-26)41-35(45)29-14-10-13-28(18-29)34(44)40-25(4)36-39-24(3)22-48-36/h7-16,18-19,22-23,25,32-33,38,43H,17,20-21H2,1-6H3,(H,40,44)(H,41,45). The number of nitrogens with one attached hydrogen (secondary N) is 3. The van der Waals surface area contributed by atoms with E-state index in [0.29, 0.717) is 29.8 Å². The third-order valence-electron chi connectivity index (χ3n) is 7.73. The lowest BCUT2D eigenvalue weighted by atomic mass is 9.99. The van der Waals surface area contributed by atoms with Gasteiger partial charge in [-0.05, 0) is 73.2 Å². The first-order valence-corrected chi connectivity index (χ1v) is 16.9. The molecule has 1 heterocycles. The second-order valence-electron chi connectivity index (χ2n) is 12.4. The summed E-state index contributed by atoms with van der Waals surface area (Å²) in [6.07, 6.45) is -1.01. The number of amides is 3. The van der Waals surface area contributed by atoms with Gasteiger partial charge in [0.2, 0.25) is 0 Å². The molecule has 0 aliphatic heterocycles. The SMILES string of the molecule is Cc1csc(C(C)NC(=O)c2cccc(C(=O)NC(Cc3ccccc3)C(O)CNCc3cc(OC(=O)N(C)C)cc(C(C)C)c3)c2)n1. The predicted molar refractivity (Wildman–Crippen MR) is 189 cm³/mol. The van der Waals surface area contributed by atoms with Crippen molar-refractivity contribution >= 4 is 29.2 Å². The van der Waals surface area contributed by atoms with Gasteiger partial charge in [0.15, 0.2) is 0 Å². The Bertz CT molecular complexity index is 1690. The molecule has 0 bridgehead atoms. The first kappa shape index (κ1) is 36.3. The van der Waals surface area contributed by atoms with Crippen molar-refractivity contribution in [2.45, 2.75) is 64.8 Å². The van der Waals surface area contributed by atoms with Gasteiger partial charge in [-0.2, -0.15) is 0 Å². The van der Waals surface area contributed by atoms with E-state index in [-0.39, 0.29) is 24.4 Å². The van der Waals surface area contributed by atoms with Crippen LogP contribution in [0.2, 0.25) is 0 Å². The van der Waals surface area contributed by atoms with Crippen LogP contribution in [-0.4, -0.2) is 65.7 Å². The molecule has 0 aliphatic carbocycles. The number of carbonyl (C=O) groups is 3. The summed E-state index contributed by atoms with van der Waals surface area (Å²) in [7, 11) is 3.26. The van der Waals surface area contributed by atoms with E-state index in [0.717, 1.165) is 27.4 Å². The maximum atomic E-state index is 13.5. The van der Waals surface area contributed by atoms with E-state index >= 15 is 0 Å². The van der Waals surface area contributed by atoms with Gasteiger partial charge < -0.3 is 30.7 Å². The Kier molecular flexibility index (Phi) is 12.8. The van der Waals surface area contributed by atoms with Gasteiger partial charge >= 0.3 is 6.09 Å². The van der Waals surface area contributed by atoms with Crippen molar-refractivity contribution < 1.29 is 24.2 Å². The van der Waals surface area contributed by atoms with E-state index in [9.17, 15) is 19.5 Å². The Morgan fingerprint density at radius 3 is 2.21 bits per heavy atom. The van der Waals surface area contributed by atoms with Crippen LogP contribution in [0.3, 0.4) is 0 Å². The summed E-state index contributed by atoms with van der Waals surface area (Å²) >= 11 is 1.48. The van der Waals surface area contributed by atoms with Crippen LogP contribution in [0.25, 0.3) is 0 Å². The molecule has 0 saturated heterocycles. The minimum atomic E-state index is -0.942. The first-order valence-electron chi connectivity index (χ1n) is 16.0. The van der Waals surface area contributed by atoms with E-state index in [1.54, 1.807) is 44.4 Å². The van der Waals surface area contributed by atoms with Gasteiger partial charge in [0.1, 0.15) is 10.8 Å². The fourth-order valence-electron chi connectivity index (χ4n) is 5.00. The van der Waals surface area contributed by atoms with Gasteiger partial charge in [-0.25, -0.2) is 9.78 Å². The number of hydrogen-bond acceptors (Lipinski definition) is 8. The number of ether oxygens (including phenoxy) is 1. The quantitative estimate of drug-likeness (QED) is 0.137. The van der Waals surface area contributed by atoms with Gasteiger partial charge in [-0.3, -0.25) is 9.59 Å². The second-order valence-corrected chi connectivity index (χ2v) is 13.3. The third kappa shape index (κ3) is 10.5. The smallest absolute Gasteiger partial charge is 0.410 e. The zero-order valence-electron chi connectivity index (χ0n) is 28.3. The summed E-state index contributed by atoms with van der Waals surface area (Å²) in [5.74, 6) is -0.0374. The van der Waals surface area contributed by atoms with Crippen LogP contribution < -0.4 is 20.7 Å². The molecule has 0 fully saturated rings. The van der Waals surface area contributed by atoms with Crippen LogP contribution in [-0.2, 0) is 13.0 Å². The molecule has 254 valence electrons. The summed E-state index contributed by atoms with van der Waals surface area (Å²) in [5.41, 5.74) is 4.43. The maximum Gasteiger partial charge on any atom is 0.414 e. The summed E-state index contributed by atoms with van der Waals surface area (Å²) in [6, 6.07) is 21.0. The van der Waals surface area contributed by atoms with Crippen molar-refractivity contribution in [1.82, 2.24) is 25.8 Å². The summed E-state index contributed by atoms with van der Waals surface area (Å²) in [5, 5.41) is 23.3. The number of nitrogens with zero attached hydrogens (tertiary/aromatic N) is 2. The molecule has 3 amide bonds. The Hall–Kier alpha value is -4.58. The molecule has 3 unspecified atom stereocenters. The van der Waals surface area contributed by atoms with Crippen molar-refractivity contribution in [3.63, 3.8) is 0 Å². The van der Waals surface area contributed by atoms with Crippen LogP contribution in [0, 0.1) is 6.92 Å². The molecule has 4 rings (SSSR count). The third-order valence-corrected chi connectivity index (χ3v) is 8.87. The lowest BCUT2D eigenvalue weighted by Gasteiger charge is -2.25. The number of rotatable bonds is 14. The van der Waals surface area contributed by atoms with Crippen molar-refractivity contribution in [3.05, 3.63) is 117 Å². The largest absolute Gasteiger partial charge is 0.414 e. The van der Waals surface area contributed by atoms with Crippen LogP contribution in [0.5, 0.6) is 5.75 Å². The number of aromatic nitrogens is 1. The molecule has 10 nitrogen and oxygen atoms in total. The Balaban J connectivity index is 1.44. The van der Waals surface area contributed by atoms with Crippen LogP contribution >= 0.6 is 11.3 Å². The number of benzene rings is 3. The fourth-order valence-corrected chi connectivity index (χ4v) is 5.80. The molecule has 0 aliphatic rings. The fraction of sp³-hybridized carbons (Fsp3) is 0.351. The lowest BCUT2D eigenvalue weighted by Crippen LogP contribution is -2.48. The Morgan fingerprint density at radius 2 is 1.58 bits per heavy atom. The molecular weight excluding hydrogens is 627 g/mol. The number of thiazole rings is 1. The van der Waals surface area contributed by atoms with E-state index in [1.165, 1.54) is 16.2 Å². The lowest BCUT2D eigenvalue weighted by molar-refractivity contribution is 0.0830. The first-order chi connectivity index (χ1) is 22.9. The minimum Gasteiger partial charge on any atom is -0.410 e. The highest BCUT2D eigenvalue weighted by Crippen LogP contribution is 2.24. The molecule has 0 spiro atoms. The van der Waals surface area contributed by atoms with Gasteiger partial charge in [0.25, 0.3) is 11.8 Å². The molecule has 48 heavy (non-hydrogen) atoms. The zero-order valence-corrected chi connectivity index (χ0v) is 29.1. The number of hydrogen-bond donors (Lipinski definition) is 4. The van der Waals surface area contributed by atoms with Crippen LogP contribution in [0.4, 0.5) is 4.79 Å². The molecule has 11 heteroatoms. The number of aryl methyl sites for hydroxylation is 1. The van der Waals surface area contributed by atoms with Crippen molar-refractivity contribution in [1.29, 1.82) is 0 Å². The average Bonchev–Trinajstić information content (AvgIpc) is 3.51. The second kappa shape index (κ2) is 17.0. The van der Waals surface area contributed by atoms with Crippen molar-refractivity contribution in [2.24, 2.45) is 0 Å². The maximum absolute atomic E-state index is 13.5. The highest BCUT2D eigenvalue weighted by Gasteiger charge is 2.23. The average molecular weight is 672 g/mol. The Labute approximate surface area is 286 Å². The predicted octanol–water partition coefficient (Wildman–Crippen LogP) is 5.62. The molecule has 0 saturated carbocycles. The molecule has 3 atom stereocenters. The van der Waals surface area contributed by atoms with E-state index < -0.39 is 24.1 Å². The molecule has 3 aromatic carbocycles. The van der Waals surface area contributed by atoms with E-state index in [2.05, 4.69) is 34.8 Å². The van der Waals surface area contributed by atoms with Crippen molar-refractivity contribution in [3.8, 4) is 5.75 Å². The molecular formula is C37H45N5O5S. The normalized spacial score (nSPS) is 13.0.